The van der Waals surface area contributed by atoms with E-state index in [2.05, 4.69) is 6.58 Å². The second-order valence-corrected chi connectivity index (χ2v) is 9.46. The van der Waals surface area contributed by atoms with Crippen molar-refractivity contribution in [3.63, 3.8) is 0 Å². The van der Waals surface area contributed by atoms with Crippen molar-refractivity contribution in [2.45, 2.75) is 17.4 Å². The van der Waals surface area contributed by atoms with E-state index in [0.717, 1.165) is 11.6 Å². The van der Waals surface area contributed by atoms with Crippen molar-refractivity contribution in [3.05, 3.63) is 76.9 Å². The molecule has 1 heterocycles. The van der Waals surface area contributed by atoms with Gasteiger partial charge in [0.1, 0.15) is 18.5 Å². The van der Waals surface area contributed by atoms with Crippen molar-refractivity contribution in [1.82, 2.24) is 9.21 Å². The largest absolute Gasteiger partial charge is 0.491 e. The standard InChI is InChI=1S/C22H27N3O6S/c1-2-6-18-7-3-4-10-22(18)31-17-20(26)16-23-11-13-24(14-12-23)32(29,30)21-9-5-8-19(15-21)25(27)28/h2-5,7-10,15,20,26H,1,6,11-14,16-17H2. The molecular formula is C22H27N3O6S. The monoisotopic (exact) mass is 461 g/mol. The molecule has 1 N–H and O–H groups in total. The Morgan fingerprint density at radius 2 is 1.88 bits per heavy atom. The fraction of sp³-hybridized carbons (Fsp3) is 0.364. The van der Waals surface area contributed by atoms with E-state index in [1.807, 2.05) is 29.2 Å². The average molecular weight is 462 g/mol. The number of para-hydroxylation sites is 1. The topological polar surface area (TPSA) is 113 Å². The number of β-amino-alcohol motifs (C(OH)–C–C–N with tert-alkyl or cyclic N) is 1. The van der Waals surface area contributed by atoms with Gasteiger partial charge in [-0.1, -0.05) is 30.3 Å². The van der Waals surface area contributed by atoms with Crippen LogP contribution in [-0.4, -0.2) is 73.1 Å². The summed E-state index contributed by atoms with van der Waals surface area (Å²) < 4.78 is 32.8. The fourth-order valence-electron chi connectivity index (χ4n) is 3.56. The summed E-state index contributed by atoms with van der Waals surface area (Å²) in [7, 11) is -3.82. The normalized spacial score (nSPS) is 16.4. The second kappa shape index (κ2) is 10.7. The highest BCUT2D eigenvalue weighted by Gasteiger charge is 2.30. The van der Waals surface area contributed by atoms with Crippen molar-refractivity contribution < 1.29 is 23.2 Å². The zero-order valence-electron chi connectivity index (χ0n) is 17.7. The van der Waals surface area contributed by atoms with E-state index in [4.69, 9.17) is 4.74 Å². The molecule has 2 aromatic carbocycles. The van der Waals surface area contributed by atoms with Gasteiger partial charge in [-0.05, 0) is 24.1 Å². The summed E-state index contributed by atoms with van der Waals surface area (Å²) in [6, 6.07) is 12.7. The van der Waals surface area contributed by atoms with Crippen LogP contribution >= 0.6 is 0 Å². The van der Waals surface area contributed by atoms with Crippen LogP contribution in [0.25, 0.3) is 0 Å². The van der Waals surface area contributed by atoms with Crippen molar-refractivity contribution >= 4 is 15.7 Å². The highest BCUT2D eigenvalue weighted by Crippen LogP contribution is 2.22. The van der Waals surface area contributed by atoms with Crippen LogP contribution in [0.3, 0.4) is 0 Å². The number of nitro groups is 1. The molecule has 1 unspecified atom stereocenters. The maximum atomic E-state index is 12.8. The molecule has 1 atom stereocenters. The van der Waals surface area contributed by atoms with Crippen molar-refractivity contribution in [2.24, 2.45) is 0 Å². The second-order valence-electron chi connectivity index (χ2n) is 7.52. The fourth-order valence-corrected chi connectivity index (χ4v) is 5.03. The van der Waals surface area contributed by atoms with Crippen LogP contribution in [0.2, 0.25) is 0 Å². The summed E-state index contributed by atoms with van der Waals surface area (Å²) in [5.41, 5.74) is 0.733. The Labute approximate surface area is 187 Å². The Kier molecular flexibility index (Phi) is 7.97. The molecule has 1 saturated heterocycles. The summed E-state index contributed by atoms with van der Waals surface area (Å²) in [5, 5.41) is 21.3. The summed E-state index contributed by atoms with van der Waals surface area (Å²) in [6.07, 6.45) is 1.74. The molecule has 172 valence electrons. The van der Waals surface area contributed by atoms with Crippen molar-refractivity contribution in [2.75, 3.05) is 39.3 Å². The number of piperazine rings is 1. The first kappa shape index (κ1) is 23.9. The van der Waals surface area contributed by atoms with Gasteiger partial charge in [0.05, 0.1) is 9.82 Å². The molecule has 10 heteroatoms. The first-order chi connectivity index (χ1) is 15.3. The minimum Gasteiger partial charge on any atom is -0.491 e. The molecule has 0 spiro atoms. The van der Waals surface area contributed by atoms with Crippen LogP contribution in [0.4, 0.5) is 5.69 Å². The summed E-state index contributed by atoms with van der Waals surface area (Å²) in [6.45, 7) is 5.58. The van der Waals surface area contributed by atoms with Gasteiger partial charge in [0.25, 0.3) is 5.69 Å². The van der Waals surface area contributed by atoms with E-state index in [1.165, 1.54) is 22.5 Å². The number of nitro benzene ring substituents is 1. The van der Waals surface area contributed by atoms with Gasteiger partial charge in [0, 0.05) is 44.9 Å². The number of ether oxygens (including phenoxy) is 1. The molecule has 0 bridgehead atoms. The van der Waals surface area contributed by atoms with Crippen LogP contribution in [0.5, 0.6) is 5.75 Å². The van der Waals surface area contributed by atoms with Crippen molar-refractivity contribution in [3.8, 4) is 5.75 Å². The van der Waals surface area contributed by atoms with Crippen LogP contribution < -0.4 is 4.74 Å². The Balaban J connectivity index is 1.52. The summed E-state index contributed by atoms with van der Waals surface area (Å²) >= 11 is 0. The third-order valence-electron chi connectivity index (χ3n) is 5.23. The lowest BCUT2D eigenvalue weighted by molar-refractivity contribution is -0.385. The molecule has 32 heavy (non-hydrogen) atoms. The third-order valence-corrected chi connectivity index (χ3v) is 7.13. The molecule has 1 aliphatic heterocycles. The van der Waals surface area contributed by atoms with E-state index in [0.29, 0.717) is 31.8 Å². The number of aliphatic hydroxyl groups excluding tert-OH is 1. The molecule has 3 rings (SSSR count). The quantitative estimate of drug-likeness (QED) is 0.327. The van der Waals surface area contributed by atoms with Crippen LogP contribution in [0.15, 0.2) is 66.1 Å². The van der Waals surface area contributed by atoms with E-state index >= 15 is 0 Å². The smallest absolute Gasteiger partial charge is 0.270 e. The first-order valence-corrected chi connectivity index (χ1v) is 11.7. The highest BCUT2D eigenvalue weighted by atomic mass is 32.2. The molecule has 0 aliphatic carbocycles. The molecule has 0 radical (unpaired) electrons. The highest BCUT2D eigenvalue weighted by molar-refractivity contribution is 7.89. The van der Waals surface area contributed by atoms with Gasteiger partial charge in [-0.25, -0.2) is 8.42 Å². The summed E-state index contributed by atoms with van der Waals surface area (Å²) in [4.78, 5) is 12.2. The van der Waals surface area contributed by atoms with Gasteiger partial charge in [0.2, 0.25) is 10.0 Å². The Bertz CT molecular complexity index is 1050. The van der Waals surface area contributed by atoms with Gasteiger partial charge in [-0.2, -0.15) is 4.31 Å². The Morgan fingerprint density at radius 1 is 1.16 bits per heavy atom. The minimum absolute atomic E-state index is 0.0909. The number of non-ortho nitro benzene ring substituents is 1. The lowest BCUT2D eigenvalue weighted by Gasteiger charge is -2.34. The number of rotatable bonds is 10. The van der Waals surface area contributed by atoms with E-state index in [1.54, 1.807) is 6.08 Å². The molecular weight excluding hydrogens is 434 g/mol. The zero-order valence-corrected chi connectivity index (χ0v) is 18.5. The Hall–Kier alpha value is -2.79. The van der Waals surface area contributed by atoms with E-state index < -0.39 is 21.1 Å². The number of hydrogen-bond donors (Lipinski definition) is 1. The number of nitrogens with zero attached hydrogens (tertiary/aromatic N) is 3. The van der Waals surface area contributed by atoms with Crippen LogP contribution in [0.1, 0.15) is 5.56 Å². The number of allylic oxidation sites excluding steroid dienone is 1. The molecule has 9 nitrogen and oxygen atoms in total. The van der Waals surface area contributed by atoms with Gasteiger partial charge in [-0.15, -0.1) is 6.58 Å². The molecule has 1 fully saturated rings. The third kappa shape index (κ3) is 5.92. The zero-order chi connectivity index (χ0) is 23.1. The average Bonchev–Trinajstić information content (AvgIpc) is 2.79. The number of aliphatic hydroxyl groups is 1. The predicted octanol–water partition coefficient (Wildman–Crippen LogP) is 2.07. The SMILES string of the molecule is C=CCc1ccccc1OCC(O)CN1CCN(S(=O)(=O)c2cccc([N+](=O)[O-])c2)CC1. The maximum Gasteiger partial charge on any atom is 0.270 e. The minimum atomic E-state index is -3.82. The number of sulfonamides is 1. The number of benzene rings is 2. The van der Waals surface area contributed by atoms with Gasteiger partial charge in [-0.3, -0.25) is 15.0 Å². The predicted molar refractivity (Wildman–Crippen MR) is 120 cm³/mol. The van der Waals surface area contributed by atoms with Crippen molar-refractivity contribution in [1.29, 1.82) is 0 Å². The van der Waals surface area contributed by atoms with Gasteiger partial charge >= 0.3 is 0 Å². The molecule has 2 aromatic rings. The molecule has 0 aromatic heterocycles. The Morgan fingerprint density at radius 3 is 2.56 bits per heavy atom. The maximum absolute atomic E-state index is 12.8. The number of hydrogen-bond acceptors (Lipinski definition) is 7. The van der Waals surface area contributed by atoms with Crippen LogP contribution in [-0.2, 0) is 16.4 Å². The molecule has 0 amide bonds. The summed E-state index contributed by atoms with van der Waals surface area (Å²) in [5.74, 6) is 0.708. The molecule has 0 saturated carbocycles. The van der Waals surface area contributed by atoms with Crippen LogP contribution in [0, 0.1) is 10.1 Å². The lowest BCUT2D eigenvalue weighted by Crippen LogP contribution is -2.50. The van der Waals surface area contributed by atoms with Gasteiger partial charge in [0.15, 0.2) is 0 Å². The molecule has 1 aliphatic rings. The lowest BCUT2D eigenvalue weighted by atomic mass is 10.1. The van der Waals surface area contributed by atoms with E-state index in [9.17, 15) is 23.6 Å². The van der Waals surface area contributed by atoms with Gasteiger partial charge < -0.3 is 9.84 Å². The van der Waals surface area contributed by atoms with E-state index in [-0.39, 0.29) is 30.3 Å². The first-order valence-electron chi connectivity index (χ1n) is 10.3.